The van der Waals surface area contributed by atoms with E-state index in [2.05, 4.69) is 10.6 Å². The highest BCUT2D eigenvalue weighted by Crippen LogP contribution is 2.13. The number of ether oxygens (including phenoxy) is 2. The van der Waals surface area contributed by atoms with Crippen LogP contribution in [0.5, 0.6) is 5.75 Å². The second-order valence-corrected chi connectivity index (χ2v) is 7.84. The Bertz CT molecular complexity index is 917. The molecule has 176 valence electrons. The van der Waals surface area contributed by atoms with Crippen LogP contribution in [0.15, 0.2) is 54.6 Å². The molecule has 3 amide bonds. The maximum atomic E-state index is 13.5. The van der Waals surface area contributed by atoms with Gasteiger partial charge in [0.05, 0.1) is 13.7 Å². The minimum atomic E-state index is -0.767. The summed E-state index contributed by atoms with van der Waals surface area (Å²) in [6.07, 6.45) is 1.21. The molecule has 1 saturated heterocycles. The zero-order valence-electron chi connectivity index (χ0n) is 18.9. The molecule has 1 heterocycles. The van der Waals surface area contributed by atoms with Crippen molar-refractivity contribution in [1.29, 1.82) is 0 Å². The molecule has 0 aromatic heterocycles. The third-order valence-electron chi connectivity index (χ3n) is 5.44. The summed E-state index contributed by atoms with van der Waals surface area (Å²) in [7, 11) is 1.56. The predicted molar refractivity (Wildman–Crippen MR) is 124 cm³/mol. The Hall–Kier alpha value is -3.39. The van der Waals surface area contributed by atoms with Crippen LogP contribution in [0.4, 0.5) is 0 Å². The average Bonchev–Trinajstić information content (AvgIpc) is 2.89. The van der Waals surface area contributed by atoms with Gasteiger partial charge in [0.2, 0.25) is 11.8 Å². The minimum absolute atomic E-state index is 0.125. The van der Waals surface area contributed by atoms with Gasteiger partial charge in [0.25, 0.3) is 5.91 Å². The summed E-state index contributed by atoms with van der Waals surface area (Å²) < 4.78 is 10.7. The summed E-state index contributed by atoms with van der Waals surface area (Å²) in [6.45, 7) is 2.15. The normalized spacial score (nSPS) is 16.2. The average molecular weight is 454 g/mol. The third-order valence-corrected chi connectivity index (χ3v) is 5.44. The zero-order valence-corrected chi connectivity index (χ0v) is 18.9. The van der Waals surface area contributed by atoms with E-state index in [0.29, 0.717) is 50.5 Å². The van der Waals surface area contributed by atoms with Crippen molar-refractivity contribution in [2.75, 3.05) is 40.0 Å². The standard InChI is InChI=1S/C25H31N3O5/c1-32-21-10-8-20(9-11-21)24(30)27-22(18-19-6-3-2-4-7-19)25(31)28-14-5-16-33-17-13-26-23(29)12-15-28/h2-4,6-11,22H,5,12-18H2,1H3,(H,26,29)(H,27,30)/t22-/m0/s1. The van der Waals surface area contributed by atoms with Gasteiger partial charge in [-0.05, 0) is 36.2 Å². The lowest BCUT2D eigenvalue weighted by atomic mass is 10.0. The fraction of sp³-hybridized carbons (Fsp3) is 0.400. The Kier molecular flexibility index (Phi) is 9.26. The third kappa shape index (κ3) is 7.61. The first-order valence-corrected chi connectivity index (χ1v) is 11.2. The van der Waals surface area contributed by atoms with E-state index in [1.54, 1.807) is 36.3 Å². The van der Waals surface area contributed by atoms with E-state index in [9.17, 15) is 14.4 Å². The summed E-state index contributed by atoms with van der Waals surface area (Å²) >= 11 is 0. The molecule has 3 rings (SSSR count). The number of hydrogen-bond donors (Lipinski definition) is 2. The van der Waals surface area contributed by atoms with Gasteiger partial charge >= 0.3 is 0 Å². The van der Waals surface area contributed by atoms with Crippen LogP contribution in [0.3, 0.4) is 0 Å². The summed E-state index contributed by atoms with van der Waals surface area (Å²) in [5.41, 5.74) is 1.37. The summed E-state index contributed by atoms with van der Waals surface area (Å²) in [5, 5.41) is 5.69. The van der Waals surface area contributed by atoms with Gasteiger partial charge in [0.1, 0.15) is 11.8 Å². The van der Waals surface area contributed by atoms with E-state index in [1.807, 2.05) is 30.3 Å². The molecular weight excluding hydrogens is 422 g/mol. The number of hydrogen-bond acceptors (Lipinski definition) is 5. The van der Waals surface area contributed by atoms with Gasteiger partial charge in [-0.15, -0.1) is 0 Å². The molecule has 0 radical (unpaired) electrons. The summed E-state index contributed by atoms with van der Waals surface area (Å²) in [5.74, 6) is -0.0358. The quantitative estimate of drug-likeness (QED) is 0.695. The van der Waals surface area contributed by atoms with Crippen LogP contribution in [-0.2, 0) is 20.7 Å². The molecule has 8 nitrogen and oxygen atoms in total. The van der Waals surface area contributed by atoms with Crippen molar-refractivity contribution in [2.24, 2.45) is 0 Å². The van der Waals surface area contributed by atoms with Crippen LogP contribution in [0.2, 0.25) is 0 Å². The molecule has 1 atom stereocenters. The number of methoxy groups -OCH3 is 1. The van der Waals surface area contributed by atoms with Crippen molar-refractivity contribution in [3.05, 3.63) is 65.7 Å². The van der Waals surface area contributed by atoms with Gasteiger partial charge in [-0.25, -0.2) is 0 Å². The smallest absolute Gasteiger partial charge is 0.251 e. The molecule has 2 aromatic carbocycles. The number of nitrogens with zero attached hydrogens (tertiary/aromatic N) is 1. The van der Waals surface area contributed by atoms with Crippen LogP contribution in [0.1, 0.15) is 28.8 Å². The summed E-state index contributed by atoms with van der Waals surface area (Å²) in [4.78, 5) is 40.2. The van der Waals surface area contributed by atoms with Crippen molar-refractivity contribution in [3.63, 3.8) is 0 Å². The predicted octanol–water partition coefficient (Wildman–Crippen LogP) is 1.79. The van der Waals surface area contributed by atoms with E-state index in [1.165, 1.54) is 0 Å². The molecule has 1 aliphatic heterocycles. The van der Waals surface area contributed by atoms with Crippen LogP contribution < -0.4 is 15.4 Å². The van der Waals surface area contributed by atoms with Gasteiger partial charge < -0.3 is 25.0 Å². The van der Waals surface area contributed by atoms with Gasteiger partial charge in [-0.1, -0.05) is 30.3 Å². The molecule has 33 heavy (non-hydrogen) atoms. The number of benzene rings is 2. The fourth-order valence-corrected chi connectivity index (χ4v) is 3.63. The minimum Gasteiger partial charge on any atom is -0.497 e. The highest BCUT2D eigenvalue weighted by atomic mass is 16.5. The largest absolute Gasteiger partial charge is 0.497 e. The zero-order chi connectivity index (χ0) is 23.5. The molecule has 0 bridgehead atoms. The van der Waals surface area contributed by atoms with E-state index < -0.39 is 6.04 Å². The van der Waals surface area contributed by atoms with Gasteiger partial charge in [-0.3, -0.25) is 14.4 Å². The first-order valence-electron chi connectivity index (χ1n) is 11.2. The van der Waals surface area contributed by atoms with Crippen LogP contribution >= 0.6 is 0 Å². The van der Waals surface area contributed by atoms with Crippen molar-refractivity contribution in [3.8, 4) is 5.75 Å². The monoisotopic (exact) mass is 453 g/mol. The molecule has 2 N–H and O–H groups in total. The van der Waals surface area contributed by atoms with E-state index >= 15 is 0 Å². The Morgan fingerprint density at radius 3 is 2.58 bits per heavy atom. The van der Waals surface area contributed by atoms with Gasteiger partial charge in [-0.2, -0.15) is 0 Å². The first-order chi connectivity index (χ1) is 16.1. The maximum absolute atomic E-state index is 13.5. The van der Waals surface area contributed by atoms with E-state index in [4.69, 9.17) is 9.47 Å². The molecular formula is C25H31N3O5. The number of carbonyl (C=O) groups excluding carboxylic acids is 3. The lowest BCUT2D eigenvalue weighted by Crippen LogP contribution is -2.50. The van der Waals surface area contributed by atoms with Gasteiger partial charge in [0, 0.05) is 44.6 Å². The SMILES string of the molecule is COc1ccc(C(=O)N[C@@H](Cc2ccccc2)C(=O)N2CCCOCCNC(=O)CC2)cc1. The second kappa shape index (κ2) is 12.6. The molecule has 1 fully saturated rings. The lowest BCUT2D eigenvalue weighted by Gasteiger charge is -2.28. The van der Waals surface area contributed by atoms with Crippen molar-refractivity contribution >= 4 is 17.7 Å². The number of carbonyl (C=O) groups is 3. The van der Waals surface area contributed by atoms with Gasteiger partial charge in [0.15, 0.2) is 0 Å². The van der Waals surface area contributed by atoms with E-state index in [0.717, 1.165) is 5.56 Å². The van der Waals surface area contributed by atoms with Crippen LogP contribution in [0, 0.1) is 0 Å². The van der Waals surface area contributed by atoms with Crippen molar-refractivity contribution in [2.45, 2.75) is 25.3 Å². The highest BCUT2D eigenvalue weighted by Gasteiger charge is 2.27. The van der Waals surface area contributed by atoms with E-state index in [-0.39, 0.29) is 30.7 Å². The maximum Gasteiger partial charge on any atom is 0.251 e. The molecule has 0 saturated carbocycles. The Morgan fingerprint density at radius 1 is 1.09 bits per heavy atom. The van der Waals surface area contributed by atoms with Crippen molar-refractivity contribution in [1.82, 2.24) is 15.5 Å². The van der Waals surface area contributed by atoms with Crippen LogP contribution in [0.25, 0.3) is 0 Å². The Balaban J connectivity index is 1.77. The highest BCUT2D eigenvalue weighted by molar-refractivity contribution is 5.97. The number of amides is 3. The lowest BCUT2D eigenvalue weighted by molar-refractivity contribution is -0.134. The first kappa shape index (κ1) is 24.3. The van der Waals surface area contributed by atoms with Crippen LogP contribution in [-0.4, -0.2) is 68.6 Å². The van der Waals surface area contributed by atoms with Crippen molar-refractivity contribution < 1.29 is 23.9 Å². The number of rotatable bonds is 6. The molecule has 0 spiro atoms. The topological polar surface area (TPSA) is 97.0 Å². The Labute approximate surface area is 194 Å². The molecule has 8 heteroatoms. The molecule has 0 unspecified atom stereocenters. The molecule has 0 aliphatic carbocycles. The summed E-state index contributed by atoms with van der Waals surface area (Å²) in [6, 6.07) is 15.5. The second-order valence-electron chi connectivity index (χ2n) is 7.84. The Morgan fingerprint density at radius 2 is 1.85 bits per heavy atom. The molecule has 1 aliphatic rings. The molecule has 2 aromatic rings. The fourth-order valence-electron chi connectivity index (χ4n) is 3.63. The number of nitrogens with one attached hydrogen (secondary N) is 2.